The van der Waals surface area contributed by atoms with Crippen LogP contribution in [0.25, 0.3) is 11.0 Å². The molecule has 1 aromatic heterocycles. The number of benzene rings is 1. The molecule has 0 radical (unpaired) electrons. The standard InChI is InChI=1S/C11H8F6N2/c1-5-18-9-7(11(15,16)17)3-6(10(12,13)14)4-8(9)19(5)2/h3-4H,1-2H3. The summed E-state index contributed by atoms with van der Waals surface area (Å²) in [4.78, 5) is 3.68. The average molecular weight is 282 g/mol. The third kappa shape index (κ3) is 2.26. The largest absolute Gasteiger partial charge is 0.418 e. The van der Waals surface area contributed by atoms with Gasteiger partial charge in [0.05, 0.1) is 16.6 Å². The van der Waals surface area contributed by atoms with Crippen molar-refractivity contribution in [2.45, 2.75) is 19.3 Å². The number of rotatable bonds is 0. The molecule has 0 saturated carbocycles. The van der Waals surface area contributed by atoms with Crippen molar-refractivity contribution in [1.29, 1.82) is 0 Å². The highest BCUT2D eigenvalue weighted by molar-refractivity contribution is 5.81. The number of nitrogens with zero attached hydrogens (tertiary/aromatic N) is 2. The van der Waals surface area contributed by atoms with Gasteiger partial charge < -0.3 is 4.57 Å². The number of alkyl halides is 6. The van der Waals surface area contributed by atoms with Crippen molar-refractivity contribution in [1.82, 2.24) is 9.55 Å². The predicted molar refractivity (Wildman–Crippen MR) is 55.5 cm³/mol. The lowest BCUT2D eigenvalue weighted by Gasteiger charge is -2.12. The lowest BCUT2D eigenvalue weighted by atomic mass is 10.1. The molecule has 0 N–H and O–H groups in total. The molecule has 0 fully saturated rings. The summed E-state index contributed by atoms with van der Waals surface area (Å²) in [6, 6.07) is 0.763. The van der Waals surface area contributed by atoms with Gasteiger partial charge in [0.15, 0.2) is 0 Å². The van der Waals surface area contributed by atoms with Gasteiger partial charge in [0, 0.05) is 7.05 Å². The van der Waals surface area contributed by atoms with Gasteiger partial charge in [-0.15, -0.1) is 0 Å². The number of fused-ring (bicyclic) bond motifs is 1. The molecule has 0 bridgehead atoms. The zero-order valence-electron chi connectivity index (χ0n) is 9.82. The summed E-state index contributed by atoms with van der Waals surface area (Å²) in [6.07, 6.45) is -9.73. The van der Waals surface area contributed by atoms with Crippen LogP contribution in [-0.4, -0.2) is 9.55 Å². The zero-order chi connectivity index (χ0) is 14.6. The van der Waals surface area contributed by atoms with E-state index in [2.05, 4.69) is 4.98 Å². The van der Waals surface area contributed by atoms with E-state index < -0.39 is 29.0 Å². The summed E-state index contributed by atoms with van der Waals surface area (Å²) in [5, 5.41) is 0. The van der Waals surface area contributed by atoms with E-state index in [1.54, 1.807) is 0 Å². The summed E-state index contributed by atoms with van der Waals surface area (Å²) in [7, 11) is 1.37. The Balaban J connectivity index is 2.89. The first-order valence-corrected chi connectivity index (χ1v) is 5.13. The van der Waals surface area contributed by atoms with Crippen LogP contribution >= 0.6 is 0 Å². The maximum atomic E-state index is 12.8. The maximum absolute atomic E-state index is 12.8. The molecular formula is C11H8F6N2. The third-order valence-corrected chi connectivity index (χ3v) is 2.84. The van der Waals surface area contributed by atoms with E-state index in [4.69, 9.17) is 0 Å². The smallest absolute Gasteiger partial charge is 0.331 e. The quantitative estimate of drug-likeness (QED) is 0.670. The van der Waals surface area contributed by atoms with Crippen molar-refractivity contribution in [3.05, 3.63) is 29.1 Å². The molecular weight excluding hydrogens is 274 g/mol. The van der Waals surface area contributed by atoms with E-state index in [1.807, 2.05) is 0 Å². The van der Waals surface area contributed by atoms with Crippen LogP contribution in [0.3, 0.4) is 0 Å². The van der Waals surface area contributed by atoms with E-state index >= 15 is 0 Å². The minimum atomic E-state index is -4.89. The van der Waals surface area contributed by atoms with Crippen LogP contribution in [0.4, 0.5) is 26.3 Å². The first kappa shape index (κ1) is 13.7. The Labute approximate surface area is 103 Å². The fraction of sp³-hybridized carbons (Fsp3) is 0.364. The molecule has 0 aliphatic rings. The molecule has 0 aliphatic heterocycles. The Bertz CT molecular complexity index is 635. The van der Waals surface area contributed by atoms with Crippen molar-refractivity contribution < 1.29 is 26.3 Å². The van der Waals surface area contributed by atoms with Gasteiger partial charge in [-0.3, -0.25) is 0 Å². The van der Waals surface area contributed by atoms with Gasteiger partial charge in [-0.05, 0) is 19.1 Å². The monoisotopic (exact) mass is 282 g/mol. The van der Waals surface area contributed by atoms with Crippen LogP contribution in [0.15, 0.2) is 12.1 Å². The summed E-state index contributed by atoms with van der Waals surface area (Å²) < 4.78 is 77.5. The Kier molecular flexibility index (Phi) is 2.80. The molecule has 2 nitrogen and oxygen atoms in total. The number of hydrogen-bond acceptors (Lipinski definition) is 1. The van der Waals surface area contributed by atoms with Crippen molar-refractivity contribution in [2.75, 3.05) is 0 Å². The molecule has 2 rings (SSSR count). The maximum Gasteiger partial charge on any atom is 0.418 e. The second-order valence-electron chi connectivity index (χ2n) is 4.11. The molecule has 104 valence electrons. The molecule has 0 unspecified atom stereocenters. The first-order chi connectivity index (χ1) is 8.51. The van der Waals surface area contributed by atoms with E-state index in [0.29, 0.717) is 6.07 Å². The van der Waals surface area contributed by atoms with Gasteiger partial charge in [-0.1, -0.05) is 0 Å². The highest BCUT2D eigenvalue weighted by Crippen LogP contribution is 2.39. The number of halogens is 6. The second-order valence-corrected chi connectivity index (χ2v) is 4.11. The topological polar surface area (TPSA) is 17.8 Å². The van der Waals surface area contributed by atoms with Gasteiger partial charge in [-0.25, -0.2) is 4.98 Å². The molecule has 1 aromatic carbocycles. The van der Waals surface area contributed by atoms with Crippen LogP contribution in [0.2, 0.25) is 0 Å². The molecule has 19 heavy (non-hydrogen) atoms. The lowest BCUT2D eigenvalue weighted by Crippen LogP contribution is -2.11. The van der Waals surface area contributed by atoms with Crippen molar-refractivity contribution in [3.63, 3.8) is 0 Å². The van der Waals surface area contributed by atoms with E-state index in [0.717, 1.165) is 0 Å². The first-order valence-electron chi connectivity index (χ1n) is 5.13. The Hall–Kier alpha value is -1.73. The molecule has 1 heterocycles. The van der Waals surface area contributed by atoms with Crippen LogP contribution in [0.1, 0.15) is 17.0 Å². The van der Waals surface area contributed by atoms with Gasteiger partial charge in [0.1, 0.15) is 11.3 Å². The van der Waals surface area contributed by atoms with Gasteiger partial charge in [0.25, 0.3) is 0 Å². The summed E-state index contributed by atoms with van der Waals surface area (Å²) >= 11 is 0. The summed E-state index contributed by atoms with van der Waals surface area (Å²) in [5.41, 5.74) is -3.38. The zero-order valence-corrected chi connectivity index (χ0v) is 9.82. The van der Waals surface area contributed by atoms with Crippen LogP contribution in [0, 0.1) is 6.92 Å². The van der Waals surface area contributed by atoms with Crippen LogP contribution < -0.4 is 0 Å². The normalized spacial score (nSPS) is 13.3. The molecule has 2 aromatic rings. The Morgan fingerprint density at radius 1 is 1.00 bits per heavy atom. The number of imidazole rings is 1. The molecule has 0 spiro atoms. The summed E-state index contributed by atoms with van der Waals surface area (Å²) in [6.45, 7) is 1.42. The van der Waals surface area contributed by atoms with Gasteiger partial charge in [0.2, 0.25) is 0 Å². The van der Waals surface area contributed by atoms with Crippen molar-refractivity contribution >= 4 is 11.0 Å². The molecule has 0 atom stereocenters. The average Bonchev–Trinajstić information content (AvgIpc) is 2.51. The minimum Gasteiger partial charge on any atom is -0.331 e. The number of hydrogen-bond donors (Lipinski definition) is 0. The van der Waals surface area contributed by atoms with Crippen molar-refractivity contribution in [3.8, 4) is 0 Å². The lowest BCUT2D eigenvalue weighted by molar-refractivity contribution is -0.142. The fourth-order valence-corrected chi connectivity index (χ4v) is 1.78. The van der Waals surface area contributed by atoms with Crippen LogP contribution in [0.5, 0.6) is 0 Å². The third-order valence-electron chi connectivity index (χ3n) is 2.84. The summed E-state index contributed by atoms with van der Waals surface area (Å²) in [5.74, 6) is 0.208. The minimum absolute atomic E-state index is 0.0920. The van der Waals surface area contributed by atoms with Gasteiger partial charge in [-0.2, -0.15) is 26.3 Å². The molecule has 0 saturated heterocycles. The fourth-order valence-electron chi connectivity index (χ4n) is 1.78. The molecule has 8 heteroatoms. The highest BCUT2D eigenvalue weighted by atomic mass is 19.4. The number of aromatic nitrogens is 2. The predicted octanol–water partition coefficient (Wildman–Crippen LogP) is 3.92. The van der Waals surface area contributed by atoms with Crippen molar-refractivity contribution in [2.24, 2.45) is 7.05 Å². The molecule has 0 amide bonds. The number of aryl methyl sites for hydroxylation is 2. The Morgan fingerprint density at radius 2 is 1.58 bits per heavy atom. The highest BCUT2D eigenvalue weighted by Gasteiger charge is 2.39. The van der Waals surface area contributed by atoms with Crippen LogP contribution in [-0.2, 0) is 19.4 Å². The second kappa shape index (κ2) is 3.88. The van der Waals surface area contributed by atoms with E-state index in [-0.39, 0.29) is 17.4 Å². The molecule has 0 aliphatic carbocycles. The van der Waals surface area contributed by atoms with E-state index in [1.165, 1.54) is 18.5 Å². The van der Waals surface area contributed by atoms with E-state index in [9.17, 15) is 26.3 Å². The van der Waals surface area contributed by atoms with Gasteiger partial charge >= 0.3 is 12.4 Å². The Morgan fingerprint density at radius 3 is 2.05 bits per heavy atom. The SMILES string of the molecule is Cc1nc2c(C(F)(F)F)cc(C(F)(F)F)cc2n1C.